The van der Waals surface area contributed by atoms with Crippen LogP contribution in [0.3, 0.4) is 0 Å². The van der Waals surface area contributed by atoms with Crippen molar-refractivity contribution in [2.45, 2.75) is 25.3 Å². The molecule has 0 bridgehead atoms. The van der Waals surface area contributed by atoms with Crippen molar-refractivity contribution in [2.75, 3.05) is 25.7 Å². The second kappa shape index (κ2) is 8.58. The summed E-state index contributed by atoms with van der Waals surface area (Å²) in [7, 11) is 3.22. The Kier molecular flexibility index (Phi) is 5.96. The van der Waals surface area contributed by atoms with Gasteiger partial charge in [0.05, 0.1) is 14.2 Å². The number of ether oxygens (including phenoxy) is 2. The molecule has 0 spiro atoms. The summed E-state index contributed by atoms with van der Waals surface area (Å²) in [6.07, 6.45) is 1.55. The molecule has 2 aromatic rings. The Morgan fingerprint density at radius 2 is 1.93 bits per heavy atom. The maximum absolute atomic E-state index is 12.7. The molecule has 142 valence electrons. The number of benzene rings is 2. The Morgan fingerprint density at radius 3 is 2.63 bits per heavy atom. The number of hydrogen-bond acceptors (Lipinski definition) is 4. The summed E-state index contributed by atoms with van der Waals surface area (Å²) in [5.41, 5.74) is 1.75. The van der Waals surface area contributed by atoms with E-state index in [1.54, 1.807) is 19.1 Å². The molecule has 1 N–H and O–H groups in total. The van der Waals surface area contributed by atoms with Gasteiger partial charge in [-0.3, -0.25) is 14.5 Å². The number of hydrogen-bond donors (Lipinski definition) is 1. The van der Waals surface area contributed by atoms with Crippen molar-refractivity contribution < 1.29 is 19.1 Å². The zero-order valence-electron chi connectivity index (χ0n) is 15.6. The molecule has 2 amide bonds. The van der Waals surface area contributed by atoms with E-state index < -0.39 is 6.04 Å². The Morgan fingerprint density at radius 1 is 1.15 bits per heavy atom. The molecular weight excluding hydrogens is 344 g/mol. The molecular formula is C21H24N2O4. The van der Waals surface area contributed by atoms with E-state index in [1.165, 1.54) is 0 Å². The first-order chi connectivity index (χ1) is 13.1. The number of para-hydroxylation sites is 1. The van der Waals surface area contributed by atoms with Gasteiger partial charge in [0, 0.05) is 24.7 Å². The molecule has 6 heteroatoms. The number of anilines is 1. The SMILES string of the molecule is COc1ccc(CCNC(=O)C2CCC(=O)N2c2ccccc2)c(OC)c1. The van der Waals surface area contributed by atoms with Crippen molar-refractivity contribution in [1.29, 1.82) is 0 Å². The van der Waals surface area contributed by atoms with Crippen molar-refractivity contribution in [3.8, 4) is 11.5 Å². The summed E-state index contributed by atoms with van der Waals surface area (Å²) in [4.78, 5) is 26.5. The van der Waals surface area contributed by atoms with Crippen LogP contribution in [0.4, 0.5) is 5.69 Å². The molecule has 1 aliphatic rings. The highest BCUT2D eigenvalue weighted by Crippen LogP contribution is 2.27. The lowest BCUT2D eigenvalue weighted by molar-refractivity contribution is -0.123. The van der Waals surface area contributed by atoms with Gasteiger partial charge in [-0.25, -0.2) is 0 Å². The summed E-state index contributed by atoms with van der Waals surface area (Å²) in [5.74, 6) is 1.31. The number of rotatable bonds is 7. The van der Waals surface area contributed by atoms with Crippen molar-refractivity contribution in [1.82, 2.24) is 5.32 Å². The molecule has 2 aromatic carbocycles. The van der Waals surface area contributed by atoms with Gasteiger partial charge >= 0.3 is 0 Å². The lowest BCUT2D eigenvalue weighted by atomic mass is 10.1. The lowest BCUT2D eigenvalue weighted by Crippen LogP contribution is -2.45. The van der Waals surface area contributed by atoms with Crippen LogP contribution in [0.5, 0.6) is 11.5 Å². The van der Waals surface area contributed by atoms with Gasteiger partial charge < -0.3 is 14.8 Å². The number of methoxy groups -OCH3 is 2. The molecule has 0 aliphatic carbocycles. The van der Waals surface area contributed by atoms with Gasteiger partial charge in [-0.05, 0) is 36.6 Å². The van der Waals surface area contributed by atoms with Gasteiger partial charge in [-0.1, -0.05) is 24.3 Å². The number of carbonyl (C=O) groups is 2. The number of nitrogens with zero attached hydrogens (tertiary/aromatic N) is 1. The minimum Gasteiger partial charge on any atom is -0.497 e. The molecule has 27 heavy (non-hydrogen) atoms. The average molecular weight is 368 g/mol. The molecule has 1 fully saturated rings. The van der Waals surface area contributed by atoms with Crippen LogP contribution in [0.2, 0.25) is 0 Å². The molecule has 1 heterocycles. The molecule has 1 aliphatic heterocycles. The first kappa shape index (κ1) is 18.8. The third-order valence-electron chi connectivity index (χ3n) is 4.74. The normalized spacial score (nSPS) is 16.3. The van der Waals surface area contributed by atoms with Crippen molar-refractivity contribution >= 4 is 17.5 Å². The Bertz CT molecular complexity index is 807. The zero-order chi connectivity index (χ0) is 19.2. The van der Waals surface area contributed by atoms with Crippen LogP contribution < -0.4 is 19.7 Å². The van der Waals surface area contributed by atoms with E-state index in [9.17, 15) is 9.59 Å². The van der Waals surface area contributed by atoms with Crippen LogP contribution in [0, 0.1) is 0 Å². The maximum atomic E-state index is 12.7. The van der Waals surface area contributed by atoms with E-state index in [-0.39, 0.29) is 11.8 Å². The van der Waals surface area contributed by atoms with E-state index >= 15 is 0 Å². The smallest absolute Gasteiger partial charge is 0.243 e. The highest BCUT2D eigenvalue weighted by Gasteiger charge is 2.36. The summed E-state index contributed by atoms with van der Waals surface area (Å²) in [6.45, 7) is 0.467. The van der Waals surface area contributed by atoms with Crippen LogP contribution in [-0.4, -0.2) is 38.6 Å². The van der Waals surface area contributed by atoms with E-state index in [1.807, 2.05) is 48.5 Å². The zero-order valence-corrected chi connectivity index (χ0v) is 15.6. The summed E-state index contributed by atoms with van der Waals surface area (Å²) < 4.78 is 10.6. The van der Waals surface area contributed by atoms with Gasteiger partial charge in [0.25, 0.3) is 0 Å². The molecule has 1 unspecified atom stereocenters. The van der Waals surface area contributed by atoms with Gasteiger partial charge in [0.15, 0.2) is 0 Å². The topological polar surface area (TPSA) is 67.9 Å². The van der Waals surface area contributed by atoms with Crippen molar-refractivity contribution in [2.24, 2.45) is 0 Å². The first-order valence-electron chi connectivity index (χ1n) is 8.99. The maximum Gasteiger partial charge on any atom is 0.243 e. The van der Waals surface area contributed by atoms with Crippen LogP contribution in [0.15, 0.2) is 48.5 Å². The van der Waals surface area contributed by atoms with Crippen LogP contribution in [0.25, 0.3) is 0 Å². The fraction of sp³-hybridized carbons (Fsp3) is 0.333. The molecule has 0 radical (unpaired) electrons. The average Bonchev–Trinajstić information content (AvgIpc) is 3.10. The van der Waals surface area contributed by atoms with E-state index in [0.29, 0.717) is 25.8 Å². The van der Waals surface area contributed by atoms with E-state index in [4.69, 9.17) is 9.47 Å². The quantitative estimate of drug-likeness (QED) is 0.816. The Balaban J connectivity index is 1.62. The van der Waals surface area contributed by atoms with E-state index in [2.05, 4.69) is 5.32 Å². The van der Waals surface area contributed by atoms with Gasteiger partial charge in [0.2, 0.25) is 11.8 Å². The number of amides is 2. The first-order valence-corrected chi connectivity index (χ1v) is 8.99. The van der Waals surface area contributed by atoms with Crippen molar-refractivity contribution in [3.63, 3.8) is 0 Å². The monoisotopic (exact) mass is 368 g/mol. The second-order valence-electron chi connectivity index (χ2n) is 6.37. The fourth-order valence-electron chi connectivity index (χ4n) is 3.34. The van der Waals surface area contributed by atoms with Crippen LogP contribution in [-0.2, 0) is 16.0 Å². The third-order valence-corrected chi connectivity index (χ3v) is 4.74. The largest absolute Gasteiger partial charge is 0.497 e. The van der Waals surface area contributed by atoms with Crippen LogP contribution in [0.1, 0.15) is 18.4 Å². The Hall–Kier alpha value is -3.02. The summed E-state index contributed by atoms with van der Waals surface area (Å²) in [5, 5.41) is 2.95. The van der Waals surface area contributed by atoms with Crippen LogP contribution >= 0.6 is 0 Å². The molecule has 1 saturated heterocycles. The highest BCUT2D eigenvalue weighted by atomic mass is 16.5. The predicted molar refractivity (Wildman–Crippen MR) is 103 cm³/mol. The minimum atomic E-state index is -0.460. The minimum absolute atomic E-state index is 0.0156. The van der Waals surface area contributed by atoms with Gasteiger partial charge in [-0.2, -0.15) is 0 Å². The number of nitrogens with one attached hydrogen (secondary N) is 1. The second-order valence-corrected chi connectivity index (χ2v) is 6.37. The molecule has 1 atom stereocenters. The highest BCUT2D eigenvalue weighted by molar-refractivity contribution is 6.03. The molecule has 0 saturated carbocycles. The van der Waals surface area contributed by atoms with Gasteiger partial charge in [0.1, 0.15) is 17.5 Å². The standard InChI is InChI=1S/C21H24N2O4/c1-26-17-9-8-15(19(14-17)27-2)12-13-22-21(25)18-10-11-20(24)23(18)16-6-4-3-5-7-16/h3-9,14,18H,10-13H2,1-2H3,(H,22,25). The Labute approximate surface area is 159 Å². The van der Waals surface area contributed by atoms with Gasteiger partial charge in [-0.15, -0.1) is 0 Å². The van der Waals surface area contributed by atoms with Crippen molar-refractivity contribution in [3.05, 3.63) is 54.1 Å². The predicted octanol–water partition coefficient (Wildman–Crippen LogP) is 2.56. The fourth-order valence-corrected chi connectivity index (χ4v) is 3.34. The summed E-state index contributed by atoms with van der Waals surface area (Å²) in [6, 6.07) is 14.5. The number of carbonyl (C=O) groups excluding carboxylic acids is 2. The van der Waals surface area contributed by atoms with E-state index in [0.717, 1.165) is 22.7 Å². The molecule has 6 nitrogen and oxygen atoms in total. The third kappa shape index (κ3) is 4.22. The summed E-state index contributed by atoms with van der Waals surface area (Å²) >= 11 is 0. The molecule has 3 rings (SSSR count). The lowest BCUT2D eigenvalue weighted by Gasteiger charge is -2.24. The molecule has 0 aromatic heterocycles.